The molecule has 3 heteroatoms. The summed E-state index contributed by atoms with van der Waals surface area (Å²) < 4.78 is 0. The highest BCUT2D eigenvalue weighted by molar-refractivity contribution is 7.99. The van der Waals surface area contributed by atoms with Crippen LogP contribution in [0.1, 0.15) is 40.0 Å². The van der Waals surface area contributed by atoms with Crippen LogP contribution >= 0.6 is 11.8 Å². The second kappa shape index (κ2) is 8.16. The molecule has 1 unspecified atom stereocenters. The van der Waals surface area contributed by atoms with Gasteiger partial charge in [0, 0.05) is 0 Å². The van der Waals surface area contributed by atoms with E-state index in [0.29, 0.717) is 5.92 Å². The molecular weight excluding hydrogens is 196 g/mol. The maximum absolute atomic E-state index is 10.9. The van der Waals surface area contributed by atoms with Gasteiger partial charge < -0.3 is 5.11 Å². The van der Waals surface area contributed by atoms with Crippen LogP contribution in [0.4, 0.5) is 0 Å². The van der Waals surface area contributed by atoms with Crippen molar-refractivity contribution in [3.8, 4) is 0 Å². The van der Waals surface area contributed by atoms with Crippen molar-refractivity contribution in [2.24, 2.45) is 11.8 Å². The molecule has 0 aliphatic carbocycles. The summed E-state index contributed by atoms with van der Waals surface area (Å²) in [7, 11) is 0. The zero-order chi connectivity index (χ0) is 11.0. The van der Waals surface area contributed by atoms with E-state index in [1.54, 1.807) is 0 Å². The predicted molar refractivity (Wildman–Crippen MR) is 62.8 cm³/mol. The highest BCUT2D eigenvalue weighted by Gasteiger charge is 2.17. The van der Waals surface area contributed by atoms with Gasteiger partial charge in [-0.25, -0.2) is 0 Å². The molecule has 2 nitrogen and oxygen atoms in total. The fraction of sp³-hybridized carbons (Fsp3) is 0.909. The molecule has 14 heavy (non-hydrogen) atoms. The number of carboxylic acid groups (broad SMARTS) is 1. The highest BCUT2D eigenvalue weighted by Crippen LogP contribution is 2.18. The second-order valence-electron chi connectivity index (χ2n) is 4.00. The number of thioether (sulfide) groups is 1. The van der Waals surface area contributed by atoms with Gasteiger partial charge in [-0.3, -0.25) is 4.79 Å². The summed E-state index contributed by atoms with van der Waals surface area (Å²) in [5, 5.41) is 8.97. The van der Waals surface area contributed by atoms with Gasteiger partial charge in [-0.15, -0.1) is 0 Å². The number of hydrogen-bond donors (Lipinski definition) is 1. The Morgan fingerprint density at radius 2 is 2.07 bits per heavy atom. The Labute approximate surface area is 91.5 Å². The number of hydrogen-bond acceptors (Lipinski definition) is 2. The summed E-state index contributed by atoms with van der Waals surface area (Å²) in [6, 6.07) is 0. The van der Waals surface area contributed by atoms with Crippen molar-refractivity contribution in [1.29, 1.82) is 0 Å². The standard InChI is InChI=1S/C11H22O2S/c1-4-14-7-5-6-10(11(12)13)8-9(2)3/h9-10H,4-8H2,1-3H3,(H,12,13). The predicted octanol–water partition coefficient (Wildman–Crippen LogP) is 3.27. The molecule has 0 aromatic carbocycles. The average molecular weight is 218 g/mol. The molecule has 0 spiro atoms. The molecule has 84 valence electrons. The molecule has 0 fully saturated rings. The fourth-order valence-electron chi connectivity index (χ4n) is 1.49. The lowest BCUT2D eigenvalue weighted by atomic mass is 9.93. The summed E-state index contributed by atoms with van der Waals surface area (Å²) in [6.45, 7) is 6.29. The van der Waals surface area contributed by atoms with Crippen molar-refractivity contribution < 1.29 is 9.90 Å². The first-order chi connectivity index (χ1) is 6.57. The van der Waals surface area contributed by atoms with Gasteiger partial charge in [-0.05, 0) is 36.7 Å². The minimum Gasteiger partial charge on any atom is -0.481 e. The second-order valence-corrected chi connectivity index (χ2v) is 5.40. The van der Waals surface area contributed by atoms with Crippen molar-refractivity contribution in [1.82, 2.24) is 0 Å². The fourth-order valence-corrected chi connectivity index (χ4v) is 2.15. The van der Waals surface area contributed by atoms with Crippen LogP contribution < -0.4 is 0 Å². The third-order valence-electron chi connectivity index (χ3n) is 2.15. The first-order valence-corrected chi connectivity index (χ1v) is 6.54. The molecule has 1 N–H and O–H groups in total. The molecule has 0 amide bonds. The maximum atomic E-state index is 10.9. The highest BCUT2D eigenvalue weighted by atomic mass is 32.2. The molecule has 0 radical (unpaired) electrons. The Hall–Kier alpha value is -0.180. The van der Waals surface area contributed by atoms with Gasteiger partial charge in [0.15, 0.2) is 0 Å². The van der Waals surface area contributed by atoms with E-state index in [9.17, 15) is 4.79 Å². The van der Waals surface area contributed by atoms with Gasteiger partial charge in [0.1, 0.15) is 0 Å². The number of rotatable bonds is 8. The summed E-state index contributed by atoms with van der Waals surface area (Å²) in [5.74, 6) is 1.95. The van der Waals surface area contributed by atoms with E-state index in [4.69, 9.17) is 5.11 Å². The van der Waals surface area contributed by atoms with Gasteiger partial charge in [0.2, 0.25) is 0 Å². The summed E-state index contributed by atoms with van der Waals surface area (Å²) in [6.07, 6.45) is 2.68. The van der Waals surface area contributed by atoms with Crippen molar-refractivity contribution in [2.75, 3.05) is 11.5 Å². The smallest absolute Gasteiger partial charge is 0.306 e. The van der Waals surface area contributed by atoms with Crippen molar-refractivity contribution in [3.05, 3.63) is 0 Å². The van der Waals surface area contributed by atoms with Crippen LogP contribution in [-0.4, -0.2) is 22.6 Å². The molecule has 0 aliphatic rings. The molecule has 0 saturated carbocycles. The van der Waals surface area contributed by atoms with Gasteiger partial charge in [-0.1, -0.05) is 20.8 Å². The molecular formula is C11H22O2S. The quantitative estimate of drug-likeness (QED) is 0.635. The molecule has 0 saturated heterocycles. The van der Waals surface area contributed by atoms with Crippen LogP contribution in [0.15, 0.2) is 0 Å². The van der Waals surface area contributed by atoms with Gasteiger partial charge >= 0.3 is 5.97 Å². The molecule has 0 heterocycles. The lowest BCUT2D eigenvalue weighted by Gasteiger charge is -2.13. The zero-order valence-corrected chi connectivity index (χ0v) is 10.3. The minimum absolute atomic E-state index is 0.132. The normalized spacial score (nSPS) is 13.1. The van der Waals surface area contributed by atoms with Gasteiger partial charge in [-0.2, -0.15) is 11.8 Å². The third-order valence-corrected chi connectivity index (χ3v) is 3.14. The van der Waals surface area contributed by atoms with E-state index in [0.717, 1.165) is 30.8 Å². The van der Waals surface area contributed by atoms with E-state index < -0.39 is 5.97 Å². The Kier molecular flexibility index (Phi) is 8.05. The number of aliphatic carboxylic acids is 1. The number of carbonyl (C=O) groups is 1. The summed E-state index contributed by atoms with van der Waals surface area (Å²) in [4.78, 5) is 10.9. The molecule has 0 rings (SSSR count). The summed E-state index contributed by atoms with van der Waals surface area (Å²) in [5.41, 5.74) is 0. The molecule has 0 aliphatic heterocycles. The van der Waals surface area contributed by atoms with Crippen molar-refractivity contribution in [3.63, 3.8) is 0 Å². The Morgan fingerprint density at radius 3 is 2.50 bits per heavy atom. The van der Waals surface area contributed by atoms with E-state index in [1.165, 1.54) is 0 Å². The van der Waals surface area contributed by atoms with E-state index >= 15 is 0 Å². The van der Waals surface area contributed by atoms with Crippen LogP contribution in [0.25, 0.3) is 0 Å². The van der Waals surface area contributed by atoms with E-state index in [-0.39, 0.29) is 5.92 Å². The molecule has 1 atom stereocenters. The summed E-state index contributed by atoms with van der Waals surface area (Å²) >= 11 is 1.89. The Bertz CT molecular complexity index is 157. The van der Waals surface area contributed by atoms with E-state index in [1.807, 2.05) is 11.8 Å². The third kappa shape index (κ3) is 7.25. The van der Waals surface area contributed by atoms with Gasteiger partial charge in [0.25, 0.3) is 0 Å². The number of carboxylic acids is 1. The van der Waals surface area contributed by atoms with Gasteiger partial charge in [0.05, 0.1) is 5.92 Å². The largest absolute Gasteiger partial charge is 0.481 e. The monoisotopic (exact) mass is 218 g/mol. The molecule has 0 aromatic rings. The Morgan fingerprint density at radius 1 is 1.43 bits per heavy atom. The minimum atomic E-state index is -0.625. The van der Waals surface area contributed by atoms with E-state index in [2.05, 4.69) is 20.8 Å². The lowest BCUT2D eigenvalue weighted by Crippen LogP contribution is -2.16. The van der Waals surface area contributed by atoms with Crippen LogP contribution in [0.3, 0.4) is 0 Å². The molecule has 0 bridgehead atoms. The molecule has 0 aromatic heterocycles. The Balaban J connectivity index is 3.68. The van der Waals surface area contributed by atoms with Crippen molar-refractivity contribution >= 4 is 17.7 Å². The maximum Gasteiger partial charge on any atom is 0.306 e. The topological polar surface area (TPSA) is 37.3 Å². The van der Waals surface area contributed by atoms with Crippen LogP contribution in [0.2, 0.25) is 0 Å². The SMILES string of the molecule is CCSCCCC(CC(C)C)C(=O)O. The van der Waals surface area contributed by atoms with Crippen LogP contribution in [0.5, 0.6) is 0 Å². The first kappa shape index (κ1) is 13.8. The zero-order valence-electron chi connectivity index (χ0n) is 9.45. The van der Waals surface area contributed by atoms with Crippen LogP contribution in [0, 0.1) is 11.8 Å². The average Bonchev–Trinajstić information content (AvgIpc) is 2.09. The lowest BCUT2D eigenvalue weighted by molar-refractivity contribution is -0.142. The van der Waals surface area contributed by atoms with Crippen molar-refractivity contribution in [2.45, 2.75) is 40.0 Å². The van der Waals surface area contributed by atoms with Crippen LogP contribution in [-0.2, 0) is 4.79 Å². The first-order valence-electron chi connectivity index (χ1n) is 5.38.